The smallest absolute Gasteiger partial charge is 0.311 e. The number of fused-ring (bicyclic) bond motifs is 1. The Bertz CT molecular complexity index is 360. The molecule has 0 radical (unpaired) electrons. The van der Waals surface area contributed by atoms with Gasteiger partial charge in [-0.15, -0.1) is 0 Å². The van der Waals surface area contributed by atoms with Crippen molar-refractivity contribution >= 4 is 11.9 Å². The first-order valence-corrected chi connectivity index (χ1v) is 4.57. The summed E-state index contributed by atoms with van der Waals surface area (Å²) in [6.07, 6.45) is 0.874. The number of rotatable bonds is 2. The van der Waals surface area contributed by atoms with Crippen molar-refractivity contribution in [2.24, 2.45) is 0 Å². The molecule has 0 fully saturated rings. The van der Waals surface area contributed by atoms with Crippen LogP contribution in [0.3, 0.4) is 0 Å². The zero-order valence-corrected chi connectivity index (χ0v) is 7.90. The average molecular weight is 196 g/mol. The summed E-state index contributed by atoms with van der Waals surface area (Å²) >= 11 is 0. The number of nitrogens with one attached hydrogen (secondary N) is 1. The number of aryl methyl sites for hydroxylation is 1. The van der Waals surface area contributed by atoms with Gasteiger partial charge in [-0.1, -0.05) is 0 Å². The number of carboxylic acid groups (broad SMARTS) is 1. The van der Waals surface area contributed by atoms with Crippen molar-refractivity contribution in [1.82, 2.24) is 14.8 Å². The van der Waals surface area contributed by atoms with Crippen LogP contribution in [-0.2, 0) is 17.8 Å². The molecule has 0 bridgehead atoms. The molecule has 0 saturated carbocycles. The molecule has 2 rings (SSSR count). The highest BCUT2D eigenvalue weighted by atomic mass is 16.4. The zero-order chi connectivity index (χ0) is 10.1. The molecule has 0 aromatic carbocycles. The summed E-state index contributed by atoms with van der Waals surface area (Å²) in [5.41, 5.74) is 0. The molecule has 0 spiro atoms. The van der Waals surface area contributed by atoms with Gasteiger partial charge in [0.2, 0.25) is 5.95 Å². The molecular weight excluding hydrogens is 184 g/mol. The normalized spacial score (nSPS) is 19.9. The van der Waals surface area contributed by atoms with E-state index in [2.05, 4.69) is 22.3 Å². The van der Waals surface area contributed by atoms with Crippen molar-refractivity contribution in [3.63, 3.8) is 0 Å². The molecule has 2 N–H and O–H groups in total. The Hall–Kier alpha value is -1.59. The van der Waals surface area contributed by atoms with Crippen molar-refractivity contribution in [3.8, 4) is 0 Å². The predicted molar refractivity (Wildman–Crippen MR) is 49.1 cm³/mol. The Morgan fingerprint density at radius 2 is 2.57 bits per heavy atom. The van der Waals surface area contributed by atoms with Gasteiger partial charge < -0.3 is 10.4 Å². The van der Waals surface area contributed by atoms with E-state index in [4.69, 9.17) is 5.11 Å². The van der Waals surface area contributed by atoms with E-state index in [-0.39, 0.29) is 6.42 Å². The number of aromatic nitrogens is 3. The highest BCUT2D eigenvalue weighted by molar-refractivity contribution is 5.69. The van der Waals surface area contributed by atoms with E-state index < -0.39 is 5.97 Å². The third-order valence-corrected chi connectivity index (χ3v) is 2.17. The standard InChI is InChI=1S/C8H12N4O2/c1-5-2-3-12-8(9-5)10-6(11-12)4-7(13)14/h5H,2-4H2,1H3,(H,13,14)(H,9,10,11). The molecule has 1 aliphatic rings. The minimum atomic E-state index is -0.902. The molecule has 1 aromatic rings. The summed E-state index contributed by atoms with van der Waals surface area (Å²) < 4.78 is 1.72. The quantitative estimate of drug-likeness (QED) is 0.701. The molecular formula is C8H12N4O2. The van der Waals surface area contributed by atoms with Crippen LogP contribution >= 0.6 is 0 Å². The largest absolute Gasteiger partial charge is 0.481 e. The SMILES string of the molecule is CC1CCn2nc(CC(=O)O)nc2N1. The topological polar surface area (TPSA) is 80.0 Å². The van der Waals surface area contributed by atoms with Gasteiger partial charge in [0.05, 0.1) is 0 Å². The van der Waals surface area contributed by atoms with Crippen LogP contribution < -0.4 is 5.32 Å². The Morgan fingerprint density at radius 3 is 3.29 bits per heavy atom. The van der Waals surface area contributed by atoms with Gasteiger partial charge in [0, 0.05) is 12.6 Å². The van der Waals surface area contributed by atoms with Crippen molar-refractivity contribution < 1.29 is 9.90 Å². The minimum absolute atomic E-state index is 0.115. The molecule has 1 atom stereocenters. The molecule has 76 valence electrons. The molecule has 1 unspecified atom stereocenters. The van der Waals surface area contributed by atoms with E-state index in [0.29, 0.717) is 17.8 Å². The fourth-order valence-electron chi connectivity index (χ4n) is 1.47. The second-order valence-corrected chi connectivity index (χ2v) is 3.48. The Labute approximate surface area is 80.9 Å². The van der Waals surface area contributed by atoms with Crippen LogP contribution in [0.5, 0.6) is 0 Å². The van der Waals surface area contributed by atoms with Crippen molar-refractivity contribution in [2.45, 2.75) is 32.4 Å². The van der Waals surface area contributed by atoms with E-state index in [1.807, 2.05) is 0 Å². The summed E-state index contributed by atoms with van der Waals surface area (Å²) in [6.45, 7) is 2.87. The number of nitrogens with zero attached hydrogens (tertiary/aromatic N) is 3. The molecule has 14 heavy (non-hydrogen) atoms. The van der Waals surface area contributed by atoms with E-state index in [0.717, 1.165) is 13.0 Å². The van der Waals surface area contributed by atoms with Gasteiger partial charge in [-0.05, 0) is 13.3 Å². The Balaban J connectivity index is 2.19. The van der Waals surface area contributed by atoms with Crippen LogP contribution in [0.25, 0.3) is 0 Å². The molecule has 1 aliphatic heterocycles. The fourth-order valence-corrected chi connectivity index (χ4v) is 1.47. The van der Waals surface area contributed by atoms with Gasteiger partial charge in [0.1, 0.15) is 6.42 Å². The summed E-state index contributed by atoms with van der Waals surface area (Å²) in [6, 6.07) is 0.379. The number of anilines is 1. The molecule has 0 saturated heterocycles. The van der Waals surface area contributed by atoms with E-state index in [1.54, 1.807) is 4.68 Å². The monoisotopic (exact) mass is 196 g/mol. The lowest BCUT2D eigenvalue weighted by Gasteiger charge is -2.20. The van der Waals surface area contributed by atoms with E-state index in [1.165, 1.54) is 0 Å². The van der Waals surface area contributed by atoms with Crippen LogP contribution in [0.2, 0.25) is 0 Å². The first-order chi connectivity index (χ1) is 6.65. The predicted octanol–water partition coefficient (Wildman–Crippen LogP) is 0.109. The molecule has 6 nitrogen and oxygen atoms in total. The number of aliphatic carboxylic acids is 1. The summed E-state index contributed by atoms with van der Waals surface area (Å²) in [4.78, 5) is 14.5. The van der Waals surface area contributed by atoms with Crippen molar-refractivity contribution in [1.29, 1.82) is 0 Å². The van der Waals surface area contributed by atoms with Gasteiger partial charge in [0.25, 0.3) is 0 Å². The van der Waals surface area contributed by atoms with E-state index in [9.17, 15) is 4.79 Å². The Morgan fingerprint density at radius 1 is 1.79 bits per heavy atom. The third kappa shape index (κ3) is 1.68. The van der Waals surface area contributed by atoms with E-state index >= 15 is 0 Å². The lowest BCUT2D eigenvalue weighted by Crippen LogP contribution is -2.26. The van der Waals surface area contributed by atoms with Crippen molar-refractivity contribution in [2.75, 3.05) is 5.32 Å². The van der Waals surface area contributed by atoms with Crippen LogP contribution in [0.15, 0.2) is 0 Å². The number of carboxylic acids is 1. The number of hydrogen-bond donors (Lipinski definition) is 2. The number of carbonyl (C=O) groups is 1. The molecule has 0 aliphatic carbocycles. The zero-order valence-electron chi connectivity index (χ0n) is 7.90. The third-order valence-electron chi connectivity index (χ3n) is 2.17. The van der Waals surface area contributed by atoms with Crippen LogP contribution in [0, 0.1) is 0 Å². The molecule has 1 aromatic heterocycles. The molecule has 0 amide bonds. The fraction of sp³-hybridized carbons (Fsp3) is 0.625. The Kier molecular flexibility index (Phi) is 2.11. The highest BCUT2D eigenvalue weighted by Crippen LogP contribution is 2.15. The minimum Gasteiger partial charge on any atom is -0.481 e. The lowest BCUT2D eigenvalue weighted by molar-refractivity contribution is -0.136. The maximum absolute atomic E-state index is 10.4. The van der Waals surface area contributed by atoms with Gasteiger partial charge in [-0.3, -0.25) is 4.79 Å². The van der Waals surface area contributed by atoms with Crippen LogP contribution in [-0.4, -0.2) is 31.9 Å². The van der Waals surface area contributed by atoms with Crippen LogP contribution in [0.4, 0.5) is 5.95 Å². The molecule has 2 heterocycles. The van der Waals surface area contributed by atoms with Gasteiger partial charge in [-0.25, -0.2) is 4.68 Å². The average Bonchev–Trinajstić information content (AvgIpc) is 2.44. The summed E-state index contributed by atoms with van der Waals surface area (Å²) in [5, 5.41) is 15.8. The summed E-state index contributed by atoms with van der Waals surface area (Å²) in [5.74, 6) is 0.148. The maximum Gasteiger partial charge on any atom is 0.311 e. The van der Waals surface area contributed by atoms with Gasteiger partial charge in [-0.2, -0.15) is 10.1 Å². The lowest BCUT2D eigenvalue weighted by atomic mass is 10.2. The second kappa shape index (κ2) is 3.28. The molecule has 6 heteroatoms. The van der Waals surface area contributed by atoms with Crippen molar-refractivity contribution in [3.05, 3.63) is 5.82 Å². The maximum atomic E-state index is 10.4. The summed E-state index contributed by atoms with van der Waals surface area (Å²) in [7, 11) is 0. The second-order valence-electron chi connectivity index (χ2n) is 3.48. The van der Waals surface area contributed by atoms with Crippen LogP contribution in [0.1, 0.15) is 19.2 Å². The number of hydrogen-bond acceptors (Lipinski definition) is 4. The van der Waals surface area contributed by atoms with Gasteiger partial charge >= 0.3 is 5.97 Å². The first-order valence-electron chi connectivity index (χ1n) is 4.57. The highest BCUT2D eigenvalue weighted by Gasteiger charge is 2.18. The first kappa shape index (κ1) is 8.98. The van der Waals surface area contributed by atoms with Gasteiger partial charge in [0.15, 0.2) is 5.82 Å².